The molecule has 5 nitrogen and oxygen atoms in total. The maximum Gasteiger partial charge on any atom is 0.228 e. The lowest BCUT2D eigenvalue weighted by molar-refractivity contribution is -0.136. The maximum atomic E-state index is 12.8. The number of rotatable bonds is 7. The Bertz CT molecular complexity index is 535. The molecule has 0 bridgehead atoms. The number of hydrogen-bond acceptors (Lipinski definition) is 4. The number of nitrogens with one attached hydrogen (secondary N) is 2. The van der Waals surface area contributed by atoms with E-state index in [1.54, 1.807) is 14.2 Å². The quantitative estimate of drug-likeness (QED) is 0.774. The summed E-state index contributed by atoms with van der Waals surface area (Å²) >= 11 is 0. The van der Waals surface area contributed by atoms with Crippen molar-refractivity contribution in [3.63, 3.8) is 0 Å². The van der Waals surface area contributed by atoms with Crippen LogP contribution in [0.5, 0.6) is 5.75 Å². The molecule has 2 N–H and O–H groups in total. The predicted molar refractivity (Wildman–Crippen MR) is 103 cm³/mol. The molecule has 2 rings (SSSR count). The van der Waals surface area contributed by atoms with Gasteiger partial charge in [-0.3, -0.25) is 4.79 Å². The van der Waals surface area contributed by atoms with Gasteiger partial charge >= 0.3 is 0 Å². The molecule has 1 heterocycles. The van der Waals surface area contributed by atoms with Gasteiger partial charge in [0.05, 0.1) is 19.1 Å². The van der Waals surface area contributed by atoms with Crippen LogP contribution in [-0.4, -0.2) is 46.4 Å². The van der Waals surface area contributed by atoms with Crippen molar-refractivity contribution in [1.82, 2.24) is 10.6 Å². The van der Waals surface area contributed by atoms with Gasteiger partial charge in [0, 0.05) is 19.1 Å². The van der Waals surface area contributed by atoms with Crippen LogP contribution < -0.4 is 15.4 Å². The summed E-state index contributed by atoms with van der Waals surface area (Å²) < 4.78 is 10.6. The topological polar surface area (TPSA) is 59.6 Å². The van der Waals surface area contributed by atoms with Crippen molar-refractivity contribution in [3.05, 3.63) is 29.8 Å². The number of piperidine rings is 1. The second-order valence-corrected chi connectivity index (χ2v) is 7.26. The molecule has 0 spiro atoms. The van der Waals surface area contributed by atoms with E-state index in [1.807, 2.05) is 12.1 Å². The molecule has 142 valence electrons. The van der Waals surface area contributed by atoms with E-state index in [9.17, 15) is 4.79 Å². The molecular formula is C19H31ClN2O3. The molecule has 6 heteroatoms. The predicted octanol–water partition coefficient (Wildman–Crippen LogP) is 2.53. The van der Waals surface area contributed by atoms with Gasteiger partial charge in [-0.2, -0.15) is 0 Å². The van der Waals surface area contributed by atoms with Crippen LogP contribution >= 0.6 is 12.4 Å². The zero-order valence-corrected chi connectivity index (χ0v) is 16.5. The average Bonchev–Trinajstić information content (AvgIpc) is 2.61. The van der Waals surface area contributed by atoms with Gasteiger partial charge in [-0.1, -0.05) is 26.0 Å². The van der Waals surface area contributed by atoms with Crippen molar-refractivity contribution in [2.45, 2.75) is 32.1 Å². The third-order valence-electron chi connectivity index (χ3n) is 5.03. The third-order valence-corrected chi connectivity index (χ3v) is 5.03. The highest BCUT2D eigenvalue weighted by atomic mass is 35.5. The Morgan fingerprint density at radius 3 is 2.32 bits per heavy atom. The standard InChI is InChI=1S/C19H30N2O3.ClH/c1-18(2,15-5-7-16(24-4)8-6-15)13-21-17(22)19(14-23-3)9-11-20-12-10-19;/h5-8,20H,9-14H2,1-4H3,(H,21,22);1H. The van der Waals surface area contributed by atoms with Crippen LogP contribution in [0, 0.1) is 5.41 Å². The van der Waals surface area contributed by atoms with Gasteiger partial charge in [0.1, 0.15) is 5.75 Å². The molecule has 1 aromatic carbocycles. The van der Waals surface area contributed by atoms with E-state index in [2.05, 4.69) is 36.6 Å². The summed E-state index contributed by atoms with van der Waals surface area (Å²) in [4.78, 5) is 12.8. The molecule has 1 fully saturated rings. The molecule has 0 radical (unpaired) electrons. The highest BCUT2D eigenvalue weighted by Crippen LogP contribution is 2.30. The Kier molecular flexibility index (Phi) is 8.19. The first-order chi connectivity index (χ1) is 11.4. The van der Waals surface area contributed by atoms with E-state index in [-0.39, 0.29) is 23.7 Å². The normalized spacial score (nSPS) is 16.6. The van der Waals surface area contributed by atoms with Crippen molar-refractivity contribution in [3.8, 4) is 5.75 Å². The van der Waals surface area contributed by atoms with Crippen LogP contribution in [0.4, 0.5) is 0 Å². The third kappa shape index (κ3) is 5.33. The van der Waals surface area contributed by atoms with Crippen LogP contribution in [0.3, 0.4) is 0 Å². The van der Waals surface area contributed by atoms with Gasteiger partial charge in [0.25, 0.3) is 0 Å². The molecule has 0 atom stereocenters. The number of halogens is 1. The van der Waals surface area contributed by atoms with Gasteiger partial charge in [0.15, 0.2) is 0 Å². The number of amides is 1. The second-order valence-electron chi connectivity index (χ2n) is 7.26. The van der Waals surface area contributed by atoms with E-state index in [0.29, 0.717) is 13.2 Å². The summed E-state index contributed by atoms with van der Waals surface area (Å²) in [6.07, 6.45) is 1.63. The van der Waals surface area contributed by atoms with Crippen LogP contribution in [-0.2, 0) is 14.9 Å². The van der Waals surface area contributed by atoms with E-state index < -0.39 is 5.41 Å². The molecule has 0 aromatic heterocycles. The lowest BCUT2D eigenvalue weighted by atomic mass is 9.78. The Morgan fingerprint density at radius 1 is 1.20 bits per heavy atom. The molecular weight excluding hydrogens is 340 g/mol. The van der Waals surface area contributed by atoms with Gasteiger partial charge < -0.3 is 20.1 Å². The summed E-state index contributed by atoms with van der Waals surface area (Å²) in [5, 5.41) is 6.48. The van der Waals surface area contributed by atoms with Crippen LogP contribution in [0.15, 0.2) is 24.3 Å². The minimum absolute atomic E-state index is 0. The van der Waals surface area contributed by atoms with Crippen LogP contribution in [0.1, 0.15) is 32.3 Å². The van der Waals surface area contributed by atoms with Crippen molar-refractivity contribution >= 4 is 18.3 Å². The summed E-state index contributed by atoms with van der Waals surface area (Å²) in [6.45, 7) is 7.07. The molecule has 1 saturated heterocycles. The zero-order valence-electron chi connectivity index (χ0n) is 15.7. The van der Waals surface area contributed by atoms with Crippen LogP contribution in [0.2, 0.25) is 0 Å². The molecule has 0 saturated carbocycles. The first kappa shape index (κ1) is 21.7. The smallest absolute Gasteiger partial charge is 0.228 e. The van der Waals surface area contributed by atoms with Crippen molar-refractivity contribution in [1.29, 1.82) is 0 Å². The van der Waals surface area contributed by atoms with Crippen molar-refractivity contribution in [2.24, 2.45) is 5.41 Å². The fraction of sp³-hybridized carbons (Fsp3) is 0.632. The van der Waals surface area contributed by atoms with Crippen LogP contribution in [0.25, 0.3) is 0 Å². The monoisotopic (exact) mass is 370 g/mol. The summed E-state index contributed by atoms with van der Waals surface area (Å²) in [6, 6.07) is 8.02. The number of carbonyl (C=O) groups is 1. The SMILES string of the molecule is COCC1(C(=O)NCC(C)(C)c2ccc(OC)cc2)CCNCC1.Cl. The molecule has 1 aliphatic rings. The molecule has 0 unspecified atom stereocenters. The number of ether oxygens (including phenoxy) is 2. The molecule has 25 heavy (non-hydrogen) atoms. The highest BCUT2D eigenvalue weighted by Gasteiger charge is 2.40. The number of benzene rings is 1. The summed E-state index contributed by atoms with van der Waals surface area (Å²) in [5.74, 6) is 0.944. The van der Waals surface area contributed by atoms with Gasteiger partial charge in [-0.25, -0.2) is 0 Å². The first-order valence-electron chi connectivity index (χ1n) is 8.56. The Balaban J connectivity index is 0.00000312. The maximum absolute atomic E-state index is 12.8. The van der Waals surface area contributed by atoms with Gasteiger partial charge in [-0.05, 0) is 43.6 Å². The van der Waals surface area contributed by atoms with E-state index in [0.717, 1.165) is 31.7 Å². The Labute approximate surface area is 157 Å². The van der Waals surface area contributed by atoms with E-state index in [4.69, 9.17) is 9.47 Å². The second kappa shape index (κ2) is 9.41. The zero-order chi connectivity index (χ0) is 17.6. The number of hydrogen-bond donors (Lipinski definition) is 2. The number of carbonyl (C=O) groups excluding carboxylic acids is 1. The van der Waals surface area contributed by atoms with E-state index in [1.165, 1.54) is 5.56 Å². The fourth-order valence-electron chi connectivity index (χ4n) is 3.25. The lowest BCUT2D eigenvalue weighted by Gasteiger charge is -2.37. The van der Waals surface area contributed by atoms with Gasteiger partial charge in [0.2, 0.25) is 5.91 Å². The summed E-state index contributed by atoms with van der Waals surface area (Å²) in [7, 11) is 3.33. The average molecular weight is 371 g/mol. The number of methoxy groups -OCH3 is 2. The lowest BCUT2D eigenvalue weighted by Crippen LogP contribution is -2.52. The minimum atomic E-state index is -0.407. The Morgan fingerprint density at radius 2 is 1.80 bits per heavy atom. The highest BCUT2D eigenvalue weighted by molar-refractivity contribution is 5.85. The summed E-state index contributed by atoms with van der Waals surface area (Å²) in [5.41, 5.74) is 0.619. The molecule has 1 aliphatic heterocycles. The molecule has 0 aliphatic carbocycles. The largest absolute Gasteiger partial charge is 0.497 e. The molecule has 1 aromatic rings. The minimum Gasteiger partial charge on any atom is -0.497 e. The first-order valence-corrected chi connectivity index (χ1v) is 8.56. The fourth-order valence-corrected chi connectivity index (χ4v) is 3.25. The van der Waals surface area contributed by atoms with Gasteiger partial charge in [-0.15, -0.1) is 12.4 Å². The van der Waals surface area contributed by atoms with Crippen molar-refractivity contribution in [2.75, 3.05) is 40.5 Å². The molecule has 1 amide bonds. The van der Waals surface area contributed by atoms with E-state index >= 15 is 0 Å². The Hall–Kier alpha value is -1.30. The van der Waals surface area contributed by atoms with Crippen molar-refractivity contribution < 1.29 is 14.3 Å².